The lowest BCUT2D eigenvalue weighted by molar-refractivity contribution is 0.414. The molecule has 22 heavy (non-hydrogen) atoms. The Hall–Kier alpha value is -2.01. The van der Waals surface area contributed by atoms with Gasteiger partial charge in [0.1, 0.15) is 5.75 Å². The van der Waals surface area contributed by atoms with Crippen LogP contribution in [0.15, 0.2) is 46.8 Å². The van der Waals surface area contributed by atoms with E-state index in [0.29, 0.717) is 0 Å². The summed E-state index contributed by atoms with van der Waals surface area (Å²) in [6.07, 6.45) is 1.04. The summed E-state index contributed by atoms with van der Waals surface area (Å²) in [5.41, 5.74) is 1.20. The van der Waals surface area contributed by atoms with Crippen LogP contribution in [-0.4, -0.2) is 38.6 Å². The highest BCUT2D eigenvalue weighted by Crippen LogP contribution is 2.11. The average molecular weight is 317 g/mol. The molecule has 0 amide bonds. The molecule has 2 rings (SSSR count). The van der Waals surface area contributed by atoms with Crippen LogP contribution in [0.1, 0.15) is 10.4 Å². The molecule has 0 atom stereocenters. The molecule has 0 saturated carbocycles. The molecule has 1 N–H and O–H groups in total. The van der Waals surface area contributed by atoms with Crippen LogP contribution in [0.4, 0.5) is 0 Å². The molecule has 2 aromatic rings. The zero-order valence-electron chi connectivity index (χ0n) is 13.4. The van der Waals surface area contributed by atoms with Gasteiger partial charge in [-0.1, -0.05) is 18.2 Å². The Kier molecular flexibility index (Phi) is 6.27. The summed E-state index contributed by atoms with van der Waals surface area (Å²) in [5.74, 6) is 1.79. The van der Waals surface area contributed by atoms with Crippen LogP contribution in [0.2, 0.25) is 0 Å². The maximum Gasteiger partial charge on any atom is 0.193 e. The smallest absolute Gasteiger partial charge is 0.193 e. The molecule has 118 valence electrons. The fourth-order valence-electron chi connectivity index (χ4n) is 2.15. The van der Waals surface area contributed by atoms with E-state index in [9.17, 15) is 0 Å². The third-order valence-corrected chi connectivity index (χ3v) is 4.39. The van der Waals surface area contributed by atoms with Crippen LogP contribution in [-0.2, 0) is 13.0 Å². The number of hydrogen-bond donors (Lipinski definition) is 1. The monoisotopic (exact) mass is 317 g/mol. The molecular formula is C17H23N3OS. The Bertz CT molecular complexity index is 578. The fraction of sp³-hybridized carbons (Fsp3) is 0.353. The van der Waals surface area contributed by atoms with Crippen LogP contribution in [0.25, 0.3) is 0 Å². The summed E-state index contributed by atoms with van der Waals surface area (Å²) in [6, 6.07) is 12.3. The third-order valence-electron chi connectivity index (χ3n) is 3.46. The van der Waals surface area contributed by atoms with Crippen molar-refractivity contribution in [3.05, 3.63) is 52.2 Å². The second-order valence-electron chi connectivity index (χ2n) is 5.00. The standard InChI is InChI=1S/C17H23N3OS/c1-18-17(20(2)11-10-16-5-4-12-22-16)19-13-14-6-8-15(21-3)9-7-14/h4-9,12H,10-11,13H2,1-3H3,(H,18,19). The van der Waals surface area contributed by atoms with Gasteiger partial charge < -0.3 is 15.0 Å². The van der Waals surface area contributed by atoms with E-state index in [1.165, 1.54) is 10.4 Å². The Morgan fingerprint density at radius 3 is 2.64 bits per heavy atom. The predicted octanol–water partition coefficient (Wildman–Crippen LogP) is 3.01. The van der Waals surface area contributed by atoms with E-state index in [0.717, 1.165) is 31.2 Å². The lowest BCUT2D eigenvalue weighted by atomic mass is 10.2. The Morgan fingerprint density at radius 2 is 2.05 bits per heavy atom. The van der Waals surface area contributed by atoms with Crippen molar-refractivity contribution < 1.29 is 4.74 Å². The molecule has 0 spiro atoms. The summed E-state index contributed by atoms with van der Waals surface area (Å²) in [5, 5.41) is 5.51. The van der Waals surface area contributed by atoms with Crippen molar-refractivity contribution in [1.29, 1.82) is 0 Å². The van der Waals surface area contributed by atoms with Crippen molar-refractivity contribution >= 4 is 17.3 Å². The summed E-state index contributed by atoms with van der Waals surface area (Å²) in [4.78, 5) is 7.90. The highest BCUT2D eigenvalue weighted by atomic mass is 32.1. The average Bonchev–Trinajstić information content (AvgIpc) is 3.07. The molecule has 0 radical (unpaired) electrons. The van der Waals surface area contributed by atoms with Crippen LogP contribution >= 0.6 is 11.3 Å². The summed E-state index contributed by atoms with van der Waals surface area (Å²) in [7, 11) is 5.56. The molecule has 1 aromatic carbocycles. The number of nitrogens with one attached hydrogen (secondary N) is 1. The molecular weight excluding hydrogens is 294 g/mol. The van der Waals surface area contributed by atoms with Gasteiger partial charge in [0.2, 0.25) is 0 Å². The molecule has 0 aliphatic heterocycles. The number of hydrogen-bond acceptors (Lipinski definition) is 3. The van der Waals surface area contributed by atoms with Gasteiger partial charge in [-0.2, -0.15) is 0 Å². The van der Waals surface area contributed by atoms with E-state index >= 15 is 0 Å². The third kappa shape index (κ3) is 4.77. The Labute approximate surface area is 136 Å². The van der Waals surface area contributed by atoms with Crippen molar-refractivity contribution in [3.8, 4) is 5.75 Å². The van der Waals surface area contributed by atoms with Gasteiger partial charge in [0.25, 0.3) is 0 Å². The van der Waals surface area contributed by atoms with Gasteiger partial charge in [-0.3, -0.25) is 4.99 Å². The van der Waals surface area contributed by atoms with Crippen LogP contribution < -0.4 is 10.1 Å². The fourth-order valence-corrected chi connectivity index (χ4v) is 2.85. The number of thiophene rings is 1. The summed E-state index contributed by atoms with van der Waals surface area (Å²) in [6.45, 7) is 1.70. The quantitative estimate of drug-likeness (QED) is 0.657. The summed E-state index contributed by atoms with van der Waals surface area (Å²) < 4.78 is 5.17. The largest absolute Gasteiger partial charge is 0.497 e. The van der Waals surface area contributed by atoms with Crippen LogP contribution in [0.3, 0.4) is 0 Å². The first kappa shape index (κ1) is 16.4. The molecule has 5 heteroatoms. The van der Waals surface area contributed by atoms with E-state index in [1.807, 2.05) is 19.2 Å². The van der Waals surface area contributed by atoms with Crippen molar-refractivity contribution in [1.82, 2.24) is 10.2 Å². The highest BCUT2D eigenvalue weighted by molar-refractivity contribution is 7.09. The van der Waals surface area contributed by atoms with Gasteiger partial charge in [0.05, 0.1) is 7.11 Å². The lowest BCUT2D eigenvalue weighted by Crippen LogP contribution is -2.39. The lowest BCUT2D eigenvalue weighted by Gasteiger charge is -2.22. The second-order valence-corrected chi connectivity index (χ2v) is 6.03. The van der Waals surface area contributed by atoms with Crippen molar-refractivity contribution in [2.75, 3.05) is 27.7 Å². The molecule has 1 heterocycles. The molecule has 0 fully saturated rings. The molecule has 0 unspecified atom stereocenters. The number of likely N-dealkylation sites (N-methyl/N-ethyl adjacent to an activating group) is 1. The number of guanidine groups is 1. The van der Waals surface area contributed by atoms with Gasteiger partial charge >= 0.3 is 0 Å². The maximum atomic E-state index is 5.17. The summed E-state index contributed by atoms with van der Waals surface area (Å²) >= 11 is 1.80. The van der Waals surface area contributed by atoms with E-state index in [2.05, 4.69) is 51.9 Å². The van der Waals surface area contributed by atoms with Gasteiger partial charge in [0.15, 0.2) is 5.96 Å². The minimum atomic E-state index is 0.750. The van der Waals surface area contributed by atoms with Crippen molar-refractivity contribution in [2.45, 2.75) is 13.0 Å². The number of nitrogens with zero attached hydrogens (tertiary/aromatic N) is 2. The number of ether oxygens (including phenoxy) is 1. The molecule has 0 aliphatic carbocycles. The minimum absolute atomic E-state index is 0.750. The van der Waals surface area contributed by atoms with Gasteiger partial charge in [-0.05, 0) is 35.6 Å². The number of rotatable bonds is 6. The minimum Gasteiger partial charge on any atom is -0.497 e. The number of benzene rings is 1. The maximum absolute atomic E-state index is 5.17. The zero-order valence-corrected chi connectivity index (χ0v) is 14.2. The predicted molar refractivity (Wildman–Crippen MR) is 93.8 cm³/mol. The van der Waals surface area contributed by atoms with Crippen LogP contribution in [0.5, 0.6) is 5.75 Å². The highest BCUT2D eigenvalue weighted by Gasteiger charge is 2.06. The number of methoxy groups -OCH3 is 1. The van der Waals surface area contributed by atoms with Crippen LogP contribution in [0, 0.1) is 0 Å². The first-order valence-electron chi connectivity index (χ1n) is 7.30. The van der Waals surface area contributed by atoms with Crippen molar-refractivity contribution in [3.63, 3.8) is 0 Å². The molecule has 0 saturated heterocycles. The topological polar surface area (TPSA) is 36.9 Å². The SMILES string of the molecule is CN=C(NCc1ccc(OC)cc1)N(C)CCc1cccs1. The van der Waals surface area contributed by atoms with E-state index in [-0.39, 0.29) is 0 Å². The first-order valence-corrected chi connectivity index (χ1v) is 8.18. The molecule has 0 bridgehead atoms. The first-order chi connectivity index (χ1) is 10.7. The van der Waals surface area contributed by atoms with Gasteiger partial charge in [-0.25, -0.2) is 0 Å². The van der Waals surface area contributed by atoms with Crippen molar-refractivity contribution in [2.24, 2.45) is 4.99 Å². The van der Waals surface area contributed by atoms with Gasteiger partial charge in [0, 0.05) is 32.1 Å². The molecule has 1 aromatic heterocycles. The molecule has 0 aliphatic rings. The van der Waals surface area contributed by atoms with E-state index in [4.69, 9.17) is 4.74 Å². The normalized spacial score (nSPS) is 11.3. The Morgan fingerprint density at radius 1 is 1.27 bits per heavy atom. The molecule has 4 nitrogen and oxygen atoms in total. The van der Waals surface area contributed by atoms with E-state index in [1.54, 1.807) is 18.4 Å². The second kappa shape index (κ2) is 8.44. The van der Waals surface area contributed by atoms with Gasteiger partial charge in [-0.15, -0.1) is 11.3 Å². The zero-order chi connectivity index (χ0) is 15.8. The van der Waals surface area contributed by atoms with E-state index < -0.39 is 0 Å². The number of aliphatic imine (C=N–C) groups is 1. The Balaban J connectivity index is 1.82.